The summed E-state index contributed by atoms with van der Waals surface area (Å²) in [6.45, 7) is 19.5. The minimum absolute atomic E-state index is 0.0173. The Balaban J connectivity index is 1.00. The molecular weight excluding hydrogens is 646 g/mol. The lowest BCUT2D eigenvalue weighted by molar-refractivity contribution is -0.252. The minimum atomic E-state index is -1.33. The van der Waals surface area contributed by atoms with E-state index >= 15 is 0 Å². The highest BCUT2D eigenvalue weighted by Crippen LogP contribution is 2.90. The predicted octanol–water partition coefficient (Wildman–Crippen LogP) is 6.01. The monoisotopic (exact) mass is 710 g/mol. The minimum Gasteiger partial charge on any atom is -0.458 e. The van der Waals surface area contributed by atoms with Crippen molar-refractivity contribution in [2.75, 3.05) is 32.9 Å². The lowest BCUT2D eigenvalue weighted by Crippen LogP contribution is -2.60. The molecule has 0 amide bonds. The molecule has 0 unspecified atom stereocenters. The molecule has 2 N–H and O–H groups in total. The number of morpholine rings is 1. The number of ether oxygens (including phenoxy) is 5. The van der Waals surface area contributed by atoms with Gasteiger partial charge in [-0.15, -0.1) is 0 Å². The number of carbonyl (C=O) groups is 1. The highest BCUT2D eigenvalue weighted by atomic mass is 16.7. The first-order chi connectivity index (χ1) is 24.0. The van der Waals surface area contributed by atoms with Gasteiger partial charge in [-0.25, -0.2) is 0 Å². The average Bonchev–Trinajstić information content (AvgIpc) is 3.95. The van der Waals surface area contributed by atoms with Crippen LogP contribution in [0.1, 0.15) is 119 Å². The van der Waals surface area contributed by atoms with Gasteiger partial charge in [-0.05, 0) is 123 Å². The van der Waals surface area contributed by atoms with E-state index in [2.05, 4.69) is 39.5 Å². The highest BCUT2D eigenvalue weighted by Gasteiger charge is 2.86. The summed E-state index contributed by atoms with van der Waals surface area (Å²) in [6, 6.07) is 0.499. The van der Waals surface area contributed by atoms with E-state index in [9.17, 15) is 15.0 Å². The second-order valence-corrected chi connectivity index (χ2v) is 20.3. The van der Waals surface area contributed by atoms with Crippen molar-refractivity contribution in [2.45, 2.75) is 155 Å². The molecule has 0 aromatic rings. The molecule has 9 heteroatoms. The van der Waals surface area contributed by atoms with Gasteiger partial charge < -0.3 is 33.9 Å². The maximum Gasteiger partial charge on any atom is 0.306 e. The smallest absolute Gasteiger partial charge is 0.306 e. The predicted molar refractivity (Wildman–Crippen MR) is 189 cm³/mol. The fourth-order valence-corrected chi connectivity index (χ4v) is 13.8. The molecule has 11 atom stereocenters. The van der Waals surface area contributed by atoms with Gasteiger partial charge in [-0.3, -0.25) is 9.69 Å². The van der Waals surface area contributed by atoms with E-state index < -0.39 is 17.8 Å². The summed E-state index contributed by atoms with van der Waals surface area (Å²) in [7, 11) is 0. The van der Waals surface area contributed by atoms with Crippen LogP contribution in [0.3, 0.4) is 0 Å². The van der Waals surface area contributed by atoms with Crippen molar-refractivity contribution in [3.8, 4) is 0 Å². The summed E-state index contributed by atoms with van der Waals surface area (Å²) >= 11 is 0. The summed E-state index contributed by atoms with van der Waals surface area (Å²) in [6.07, 6.45) is 10.8. The van der Waals surface area contributed by atoms with Crippen LogP contribution in [0.25, 0.3) is 0 Å². The number of esters is 1. The molecule has 285 valence electrons. The first kappa shape index (κ1) is 35.9. The van der Waals surface area contributed by atoms with Crippen molar-refractivity contribution in [2.24, 2.45) is 50.7 Å². The van der Waals surface area contributed by atoms with Gasteiger partial charge >= 0.3 is 5.97 Å². The third-order valence-electron chi connectivity index (χ3n) is 16.8. The van der Waals surface area contributed by atoms with Crippen LogP contribution in [-0.4, -0.2) is 90.2 Å². The summed E-state index contributed by atoms with van der Waals surface area (Å²) in [4.78, 5) is 16.2. The van der Waals surface area contributed by atoms with E-state index in [0.29, 0.717) is 43.4 Å². The van der Waals surface area contributed by atoms with Crippen LogP contribution in [0, 0.1) is 68.9 Å². The van der Waals surface area contributed by atoms with Gasteiger partial charge in [0.1, 0.15) is 24.4 Å². The van der Waals surface area contributed by atoms with E-state index in [4.69, 9.17) is 23.7 Å². The molecule has 9 fully saturated rings. The number of nitrogens with zero attached hydrogens (tertiary/aromatic N) is 1. The Hall–Kier alpha value is -0.810. The molecule has 3 radical (unpaired) electrons. The average molecular weight is 711 g/mol. The molecule has 51 heavy (non-hydrogen) atoms. The van der Waals surface area contributed by atoms with Crippen molar-refractivity contribution in [1.29, 1.82) is 0 Å². The zero-order chi connectivity index (χ0) is 35.9. The van der Waals surface area contributed by atoms with E-state index in [1.165, 1.54) is 19.3 Å². The number of rotatable bonds is 8. The van der Waals surface area contributed by atoms with Crippen molar-refractivity contribution >= 4 is 5.97 Å². The van der Waals surface area contributed by atoms with Crippen LogP contribution in [-0.2, 0) is 28.5 Å². The molecule has 6 aliphatic carbocycles. The Kier molecular flexibility index (Phi) is 8.33. The zero-order valence-corrected chi connectivity index (χ0v) is 32.3. The van der Waals surface area contributed by atoms with Gasteiger partial charge in [0.05, 0.1) is 44.1 Å². The van der Waals surface area contributed by atoms with Crippen LogP contribution >= 0.6 is 0 Å². The van der Waals surface area contributed by atoms with E-state index in [1.807, 2.05) is 0 Å². The van der Waals surface area contributed by atoms with Crippen LogP contribution in [0.5, 0.6) is 0 Å². The molecule has 2 spiro atoms. The Morgan fingerprint density at radius 1 is 1.08 bits per heavy atom. The van der Waals surface area contributed by atoms with Gasteiger partial charge in [-0.1, -0.05) is 34.6 Å². The van der Waals surface area contributed by atoms with Crippen LogP contribution in [0.2, 0.25) is 0 Å². The van der Waals surface area contributed by atoms with Crippen molar-refractivity contribution in [3.63, 3.8) is 0 Å². The summed E-state index contributed by atoms with van der Waals surface area (Å²) in [5.74, 6) is 2.82. The second-order valence-electron chi connectivity index (χ2n) is 20.3. The van der Waals surface area contributed by atoms with Crippen molar-refractivity contribution < 1.29 is 38.7 Å². The van der Waals surface area contributed by atoms with Crippen molar-refractivity contribution in [3.05, 3.63) is 18.1 Å². The van der Waals surface area contributed by atoms with E-state index in [0.717, 1.165) is 70.9 Å². The standard InChI is InChI=1S/C42H64NO8/c1-24-18-27(35(45)38(4,5)46)49-34-33(24)39(6)14-15-42-23-41(42)13-12-30(50-32-20-43(16-17-48-32)26-21-47-22-26)37(2,3)28(41)10-11-29(42)40(39,7)36(34)51-31(44)19-25-8-9-25/h24-26,28,30,32-33,35-36,45-46H,8-23H2,1-7H3/t24-,28+,30+,32+,33+,35+,36+,39-,40-,41-,42+/m1/s1. The first-order valence-electron chi connectivity index (χ1n) is 20.5. The number of fused-ring (bicyclic) bond motifs is 4. The van der Waals surface area contributed by atoms with E-state index in [-0.39, 0.29) is 57.3 Å². The fraction of sp³-hybridized carbons (Fsp3) is 0.905. The summed E-state index contributed by atoms with van der Waals surface area (Å²) < 4.78 is 32.2. The largest absolute Gasteiger partial charge is 0.458 e. The molecule has 0 bridgehead atoms. The first-order valence-corrected chi connectivity index (χ1v) is 20.5. The summed E-state index contributed by atoms with van der Waals surface area (Å²) in [5.41, 5.74) is -1.43. The number of carbonyl (C=O) groups excluding carboxylic acids is 1. The molecule has 9 aliphatic rings. The number of aliphatic hydroxyl groups excluding tert-OH is 1. The van der Waals surface area contributed by atoms with Gasteiger partial charge in [0.25, 0.3) is 0 Å². The lowest BCUT2D eigenvalue weighted by Gasteiger charge is -2.63. The molecule has 3 heterocycles. The van der Waals surface area contributed by atoms with Crippen molar-refractivity contribution in [1.82, 2.24) is 4.90 Å². The molecule has 6 saturated carbocycles. The topological polar surface area (TPSA) is 107 Å². The van der Waals surface area contributed by atoms with E-state index in [1.54, 1.807) is 19.8 Å². The van der Waals surface area contributed by atoms with Crippen LogP contribution in [0.15, 0.2) is 0 Å². The van der Waals surface area contributed by atoms with Gasteiger partial charge in [0.2, 0.25) is 0 Å². The maximum absolute atomic E-state index is 13.7. The van der Waals surface area contributed by atoms with Gasteiger partial charge in [-0.2, -0.15) is 0 Å². The molecule has 9 rings (SSSR count). The quantitative estimate of drug-likeness (QED) is 0.293. The third kappa shape index (κ3) is 5.13. The lowest BCUT2D eigenvalue weighted by atomic mass is 9.41. The Labute approximate surface area is 306 Å². The molecule has 3 saturated heterocycles. The maximum atomic E-state index is 13.7. The number of hydrogen-bond donors (Lipinski definition) is 2. The fourth-order valence-electron chi connectivity index (χ4n) is 13.8. The van der Waals surface area contributed by atoms with Gasteiger partial charge in [0.15, 0.2) is 6.29 Å². The second kappa shape index (κ2) is 11.8. The Bertz CT molecular complexity index is 1370. The van der Waals surface area contributed by atoms with Crippen LogP contribution in [0.4, 0.5) is 0 Å². The number of aliphatic hydroxyl groups is 2. The Morgan fingerprint density at radius 3 is 2.53 bits per heavy atom. The third-order valence-corrected chi connectivity index (χ3v) is 16.8. The molecule has 9 nitrogen and oxygen atoms in total. The molecular formula is C42H64NO8. The summed E-state index contributed by atoms with van der Waals surface area (Å²) in [5, 5.41) is 22.1. The SMILES string of the molecule is C[C@@H]1C[C]([C@H](O)C(C)(C)O)O[C]2[C@H]1[C@@]1(C)CC[C@@]34C[C@@]35CC[C@H](O[C@H]3CN(C6COC6)CCO3)C(C)(C)[C@@H]5CC[C]4[C@]1(C)[C@H]2OC(=O)CC1CC1. The number of hydrogen-bond acceptors (Lipinski definition) is 9. The Morgan fingerprint density at radius 2 is 1.84 bits per heavy atom. The van der Waals surface area contributed by atoms with Gasteiger partial charge in [0, 0.05) is 24.3 Å². The normalized spacial score (nSPS) is 48.0. The molecule has 0 aromatic heterocycles. The van der Waals surface area contributed by atoms with Crippen LogP contribution < -0.4 is 0 Å². The molecule has 3 aliphatic heterocycles. The molecule has 0 aromatic carbocycles. The zero-order valence-electron chi connectivity index (χ0n) is 32.3. The highest BCUT2D eigenvalue weighted by molar-refractivity contribution is 5.71.